The average molecular weight is 311 g/mol. The molecule has 2 aromatic carbocycles. The largest absolute Gasteiger partial charge is 0.481 e. The topological polar surface area (TPSA) is 37.3 Å². The average Bonchev–Trinajstić information content (AvgIpc) is 2.41. The first kappa shape index (κ1) is 14.9. The van der Waals surface area contributed by atoms with E-state index in [2.05, 4.69) is 0 Å². The molecule has 0 atom stereocenters. The van der Waals surface area contributed by atoms with Crippen molar-refractivity contribution < 1.29 is 14.3 Å². The van der Waals surface area contributed by atoms with E-state index in [1.165, 1.54) is 6.07 Å². The molecule has 0 aliphatic carbocycles. The van der Waals surface area contributed by atoms with Crippen molar-refractivity contribution in [2.45, 2.75) is 17.1 Å². The fraction of sp³-hybridized carbons (Fsp3) is 0.133. The number of thioether (sulfide) groups is 1. The van der Waals surface area contributed by atoms with Crippen LogP contribution in [0, 0.1) is 5.82 Å². The smallest absolute Gasteiger partial charge is 0.307 e. The third-order valence-corrected chi connectivity index (χ3v) is 4.03. The fourth-order valence-electron chi connectivity index (χ4n) is 1.66. The highest BCUT2D eigenvalue weighted by atomic mass is 35.5. The molecule has 1 N–H and O–H groups in total. The van der Waals surface area contributed by atoms with Gasteiger partial charge in [-0.05, 0) is 29.3 Å². The maximum atomic E-state index is 13.0. The molecule has 20 heavy (non-hydrogen) atoms. The molecular formula is C15H12ClFO2S. The zero-order valence-electron chi connectivity index (χ0n) is 10.5. The van der Waals surface area contributed by atoms with Gasteiger partial charge in [0.2, 0.25) is 0 Å². The van der Waals surface area contributed by atoms with E-state index in [0.29, 0.717) is 0 Å². The quantitative estimate of drug-likeness (QED) is 0.832. The lowest BCUT2D eigenvalue weighted by Gasteiger charge is -2.04. The number of carbonyl (C=O) groups is 1. The van der Waals surface area contributed by atoms with Gasteiger partial charge in [0, 0.05) is 10.6 Å². The lowest BCUT2D eigenvalue weighted by Crippen LogP contribution is -1.99. The number of rotatable bonds is 5. The van der Waals surface area contributed by atoms with Gasteiger partial charge in [0.25, 0.3) is 0 Å². The van der Waals surface area contributed by atoms with Crippen molar-refractivity contribution >= 4 is 29.3 Å². The zero-order valence-corrected chi connectivity index (χ0v) is 12.0. The van der Waals surface area contributed by atoms with Crippen LogP contribution in [0.2, 0.25) is 5.02 Å². The second kappa shape index (κ2) is 6.77. The second-order valence-corrected chi connectivity index (χ2v) is 5.71. The van der Waals surface area contributed by atoms with E-state index >= 15 is 0 Å². The maximum absolute atomic E-state index is 13.0. The highest BCUT2D eigenvalue weighted by Gasteiger charge is 2.03. The summed E-state index contributed by atoms with van der Waals surface area (Å²) >= 11 is 7.27. The van der Waals surface area contributed by atoms with Gasteiger partial charge in [0.1, 0.15) is 5.82 Å². The van der Waals surface area contributed by atoms with Gasteiger partial charge in [-0.2, -0.15) is 0 Å². The van der Waals surface area contributed by atoms with Crippen molar-refractivity contribution in [1.82, 2.24) is 0 Å². The second-order valence-electron chi connectivity index (χ2n) is 4.25. The molecule has 0 bridgehead atoms. The van der Waals surface area contributed by atoms with E-state index in [0.717, 1.165) is 21.8 Å². The lowest BCUT2D eigenvalue weighted by atomic mass is 10.1. The van der Waals surface area contributed by atoms with Crippen molar-refractivity contribution in [1.29, 1.82) is 0 Å². The van der Waals surface area contributed by atoms with Crippen molar-refractivity contribution in [3.63, 3.8) is 0 Å². The minimum absolute atomic E-state index is 0.0288. The van der Waals surface area contributed by atoms with Gasteiger partial charge >= 0.3 is 5.97 Å². The summed E-state index contributed by atoms with van der Waals surface area (Å²) in [6, 6.07) is 12.0. The van der Waals surface area contributed by atoms with Gasteiger partial charge in [0.15, 0.2) is 0 Å². The van der Waals surface area contributed by atoms with Gasteiger partial charge in [-0.3, -0.25) is 4.79 Å². The molecule has 0 fully saturated rings. The molecule has 0 spiro atoms. The van der Waals surface area contributed by atoms with Crippen LogP contribution < -0.4 is 0 Å². The molecule has 0 aliphatic rings. The Morgan fingerprint density at radius 1 is 1.15 bits per heavy atom. The van der Waals surface area contributed by atoms with Crippen LogP contribution in [-0.4, -0.2) is 11.1 Å². The molecule has 5 heteroatoms. The van der Waals surface area contributed by atoms with E-state index < -0.39 is 11.8 Å². The summed E-state index contributed by atoms with van der Waals surface area (Å²) in [5.74, 6) is -0.544. The minimum atomic E-state index is -0.840. The third kappa shape index (κ3) is 4.25. The number of carboxylic acids is 1. The van der Waals surface area contributed by atoms with E-state index in [-0.39, 0.29) is 11.4 Å². The van der Waals surface area contributed by atoms with Crippen molar-refractivity contribution in [3.8, 4) is 0 Å². The Labute approximate surface area is 125 Å². The van der Waals surface area contributed by atoms with Crippen molar-refractivity contribution in [2.75, 3.05) is 0 Å². The Kier molecular flexibility index (Phi) is 5.04. The van der Waals surface area contributed by atoms with Crippen molar-refractivity contribution in [2.24, 2.45) is 0 Å². The van der Waals surface area contributed by atoms with E-state index in [9.17, 15) is 9.18 Å². The number of benzene rings is 2. The molecule has 2 aromatic rings. The molecule has 104 valence electrons. The molecular weight excluding hydrogens is 299 g/mol. The molecule has 0 aliphatic heterocycles. The molecule has 0 unspecified atom stereocenters. The van der Waals surface area contributed by atoms with Crippen LogP contribution in [0.5, 0.6) is 0 Å². The lowest BCUT2D eigenvalue weighted by molar-refractivity contribution is -0.136. The van der Waals surface area contributed by atoms with E-state index in [1.54, 1.807) is 23.9 Å². The Morgan fingerprint density at radius 2 is 1.80 bits per heavy atom. The van der Waals surface area contributed by atoms with Crippen LogP contribution in [0.3, 0.4) is 0 Å². The highest BCUT2D eigenvalue weighted by molar-refractivity contribution is 7.98. The number of hydrogen-bond donors (Lipinski definition) is 1. The molecule has 2 rings (SSSR count). The number of carboxylic acid groups (broad SMARTS) is 1. The zero-order chi connectivity index (χ0) is 14.5. The summed E-state index contributed by atoms with van der Waals surface area (Å²) in [5, 5.41) is 8.81. The van der Waals surface area contributed by atoms with Gasteiger partial charge in [0.05, 0.1) is 11.4 Å². The summed E-state index contributed by atoms with van der Waals surface area (Å²) in [7, 11) is 0. The summed E-state index contributed by atoms with van der Waals surface area (Å²) in [4.78, 5) is 11.5. The molecule has 0 heterocycles. The molecule has 2 nitrogen and oxygen atoms in total. The molecule has 0 radical (unpaired) electrons. The van der Waals surface area contributed by atoms with Crippen molar-refractivity contribution in [3.05, 3.63) is 64.4 Å². The Hall–Kier alpha value is -1.52. The Balaban J connectivity index is 1.96. The van der Waals surface area contributed by atoms with Crippen LogP contribution in [0.15, 0.2) is 47.4 Å². The monoisotopic (exact) mass is 310 g/mol. The van der Waals surface area contributed by atoms with Crippen LogP contribution in [0.25, 0.3) is 0 Å². The summed E-state index contributed by atoms with van der Waals surface area (Å²) in [5.41, 5.74) is 1.85. The minimum Gasteiger partial charge on any atom is -0.481 e. The normalized spacial score (nSPS) is 10.5. The molecule has 0 amide bonds. The fourth-order valence-corrected chi connectivity index (χ4v) is 2.80. The predicted octanol–water partition coefficient (Wildman–Crippen LogP) is 4.40. The first-order valence-corrected chi connectivity index (χ1v) is 7.28. The van der Waals surface area contributed by atoms with Crippen LogP contribution in [0.1, 0.15) is 11.1 Å². The summed E-state index contributed by atoms with van der Waals surface area (Å²) in [6.07, 6.45) is 0.0288. The first-order chi connectivity index (χ1) is 9.54. The highest BCUT2D eigenvalue weighted by Crippen LogP contribution is 2.26. The van der Waals surface area contributed by atoms with Crippen LogP contribution in [0.4, 0.5) is 4.39 Å². The van der Waals surface area contributed by atoms with E-state index in [1.807, 2.05) is 24.3 Å². The SMILES string of the molecule is O=C(O)Cc1ccc(CSc2ccc(F)c(Cl)c2)cc1. The summed E-state index contributed by atoms with van der Waals surface area (Å²) < 4.78 is 13.0. The predicted molar refractivity (Wildman–Crippen MR) is 78.8 cm³/mol. The standard InChI is InChI=1S/C15H12ClFO2S/c16-13-8-12(5-6-14(13)17)20-9-11-3-1-10(2-4-11)7-15(18)19/h1-6,8H,7,9H2,(H,18,19). The molecule has 0 saturated heterocycles. The molecule has 0 saturated carbocycles. The number of aliphatic carboxylic acids is 1. The first-order valence-electron chi connectivity index (χ1n) is 5.92. The van der Waals surface area contributed by atoms with Gasteiger partial charge in [-0.15, -0.1) is 11.8 Å². The molecule has 0 aromatic heterocycles. The number of halogens is 2. The van der Waals surface area contributed by atoms with Crippen LogP contribution >= 0.6 is 23.4 Å². The van der Waals surface area contributed by atoms with Gasteiger partial charge < -0.3 is 5.11 Å². The Morgan fingerprint density at radius 3 is 2.40 bits per heavy atom. The van der Waals surface area contributed by atoms with E-state index in [4.69, 9.17) is 16.7 Å². The maximum Gasteiger partial charge on any atom is 0.307 e. The number of hydrogen-bond acceptors (Lipinski definition) is 2. The van der Waals surface area contributed by atoms with Gasteiger partial charge in [-0.1, -0.05) is 35.9 Å². The Bertz CT molecular complexity index is 614. The summed E-state index contributed by atoms with van der Waals surface area (Å²) in [6.45, 7) is 0. The van der Waals surface area contributed by atoms with Crippen LogP contribution in [-0.2, 0) is 17.0 Å². The van der Waals surface area contributed by atoms with Gasteiger partial charge in [-0.25, -0.2) is 4.39 Å². The third-order valence-electron chi connectivity index (χ3n) is 2.67.